The number of hydrogen-bond donors (Lipinski definition) is 4. The van der Waals surface area contributed by atoms with Crippen molar-refractivity contribution in [1.82, 2.24) is 24.8 Å². The molecule has 1 amide bonds. The molecule has 49 heavy (non-hydrogen) atoms. The molecular formula is C36H34Cl2N6O5. The van der Waals surface area contributed by atoms with Gasteiger partial charge in [-0.25, -0.2) is 0 Å². The first-order chi connectivity index (χ1) is 23.6. The number of carbonyl (C=O) groups is 2. The molecule has 1 fully saturated rings. The molecule has 0 saturated carbocycles. The van der Waals surface area contributed by atoms with Crippen LogP contribution in [0.1, 0.15) is 32.7 Å². The fourth-order valence-corrected chi connectivity index (χ4v) is 6.55. The smallest absolute Gasteiger partial charge is 0.309 e. The Morgan fingerprint density at radius 2 is 1.76 bits per heavy atom. The van der Waals surface area contributed by atoms with E-state index in [0.717, 1.165) is 27.7 Å². The third-order valence-electron chi connectivity index (χ3n) is 8.52. The Labute approximate surface area is 292 Å². The van der Waals surface area contributed by atoms with Crippen molar-refractivity contribution >= 4 is 51.7 Å². The molecule has 4 N–H and O–H groups in total. The number of aryl methyl sites for hydroxylation is 1. The van der Waals surface area contributed by atoms with Gasteiger partial charge in [0.05, 0.1) is 39.5 Å². The van der Waals surface area contributed by atoms with Crippen molar-refractivity contribution in [3.8, 4) is 11.1 Å². The lowest BCUT2D eigenvalue weighted by Gasteiger charge is -2.36. The molecule has 0 spiro atoms. The number of hydrogen-bond acceptors (Lipinski definition) is 8. The van der Waals surface area contributed by atoms with Gasteiger partial charge in [-0.2, -0.15) is 0 Å². The second-order valence-corrected chi connectivity index (χ2v) is 12.8. The van der Waals surface area contributed by atoms with Crippen molar-refractivity contribution in [2.75, 3.05) is 31.6 Å². The summed E-state index contributed by atoms with van der Waals surface area (Å²) in [5.41, 5.74) is 5.12. The largest absolute Gasteiger partial charge is 0.481 e. The lowest BCUT2D eigenvalue weighted by molar-refractivity contribution is -0.147. The number of carboxylic acids is 1. The highest BCUT2D eigenvalue weighted by Crippen LogP contribution is 2.39. The van der Waals surface area contributed by atoms with Crippen molar-refractivity contribution in [3.63, 3.8) is 0 Å². The SMILES string of the molecule is Cn1cc(CNCCO)cc(C(=O)Nc2cccc(-c3cccc(Cc4nccc5cc(CN6CC(C(=O)O)C6)cnc45)c3Cl)c2Cl)c1=O. The van der Waals surface area contributed by atoms with Gasteiger partial charge in [0.2, 0.25) is 0 Å². The zero-order valence-electron chi connectivity index (χ0n) is 26.6. The Bertz CT molecular complexity index is 2110. The number of pyridine rings is 3. The van der Waals surface area contributed by atoms with Gasteiger partial charge in [-0.3, -0.25) is 29.3 Å². The van der Waals surface area contributed by atoms with E-state index in [1.165, 1.54) is 10.6 Å². The summed E-state index contributed by atoms with van der Waals surface area (Å²) in [6.07, 6.45) is 5.59. The molecule has 2 aromatic carbocycles. The Morgan fingerprint density at radius 1 is 1.00 bits per heavy atom. The molecule has 11 nitrogen and oxygen atoms in total. The molecule has 13 heteroatoms. The first kappa shape index (κ1) is 34.2. The number of anilines is 1. The molecule has 4 heterocycles. The summed E-state index contributed by atoms with van der Waals surface area (Å²) >= 11 is 13.9. The first-order valence-corrected chi connectivity index (χ1v) is 16.4. The third-order valence-corrected chi connectivity index (χ3v) is 9.37. The summed E-state index contributed by atoms with van der Waals surface area (Å²) < 4.78 is 1.35. The standard InChI is InChI=1S/C36H34Cl2N6O5/c1-43-17-22(15-39-10-11-45)13-28(35(43)47)34(46)42-29-7-3-6-27(32(29)38)26-5-2-4-23(31(26)37)14-30-33-24(8-9-40-30)12-21(16-41-33)18-44-19-25(20-44)36(48)49/h2-9,12-13,16-17,25,39,45H,10-11,14-15,18-20H2,1H3,(H,42,46)(H,48,49). The van der Waals surface area contributed by atoms with E-state index in [4.69, 9.17) is 38.4 Å². The molecule has 0 bridgehead atoms. The summed E-state index contributed by atoms with van der Waals surface area (Å²) in [4.78, 5) is 48.7. The van der Waals surface area contributed by atoms with Crippen LogP contribution in [0, 0.1) is 5.92 Å². The molecule has 0 atom stereocenters. The summed E-state index contributed by atoms with van der Waals surface area (Å²) in [6, 6.07) is 16.4. The quantitative estimate of drug-likeness (QED) is 0.135. The number of amides is 1. The van der Waals surface area contributed by atoms with Crippen LogP contribution in [0.4, 0.5) is 5.69 Å². The van der Waals surface area contributed by atoms with E-state index in [-0.39, 0.29) is 23.1 Å². The Balaban J connectivity index is 1.22. The minimum absolute atomic E-state index is 0.0296. The van der Waals surface area contributed by atoms with Gasteiger partial charge in [0.15, 0.2) is 0 Å². The second kappa shape index (κ2) is 14.9. The van der Waals surface area contributed by atoms with Crippen LogP contribution < -0.4 is 16.2 Å². The molecule has 5 aromatic rings. The average molecular weight is 702 g/mol. The monoisotopic (exact) mass is 700 g/mol. The fraction of sp³-hybridized carbons (Fsp3) is 0.250. The highest BCUT2D eigenvalue weighted by Gasteiger charge is 2.32. The fourth-order valence-electron chi connectivity index (χ4n) is 5.98. The molecule has 0 unspecified atom stereocenters. The van der Waals surface area contributed by atoms with E-state index in [0.29, 0.717) is 66.5 Å². The highest BCUT2D eigenvalue weighted by molar-refractivity contribution is 6.39. The number of carbonyl (C=O) groups excluding carboxylic acids is 1. The lowest BCUT2D eigenvalue weighted by Crippen LogP contribution is -2.49. The van der Waals surface area contributed by atoms with Crippen LogP contribution in [0.25, 0.3) is 22.0 Å². The van der Waals surface area contributed by atoms with Crippen molar-refractivity contribution in [1.29, 1.82) is 0 Å². The molecule has 1 aliphatic heterocycles. The number of fused-ring (bicyclic) bond motifs is 1. The van der Waals surface area contributed by atoms with Crippen molar-refractivity contribution in [2.24, 2.45) is 13.0 Å². The number of halogens is 2. The van der Waals surface area contributed by atoms with Crippen LogP contribution in [-0.2, 0) is 31.4 Å². The predicted octanol–water partition coefficient (Wildman–Crippen LogP) is 4.74. The van der Waals surface area contributed by atoms with Gasteiger partial charge < -0.3 is 25.4 Å². The van der Waals surface area contributed by atoms with E-state index in [1.54, 1.807) is 37.8 Å². The number of aliphatic hydroxyl groups is 1. The molecule has 0 aliphatic carbocycles. The van der Waals surface area contributed by atoms with E-state index in [9.17, 15) is 14.4 Å². The molecule has 0 radical (unpaired) electrons. The first-order valence-electron chi connectivity index (χ1n) is 15.7. The molecule has 1 aliphatic rings. The minimum Gasteiger partial charge on any atom is -0.481 e. The summed E-state index contributed by atoms with van der Waals surface area (Å²) in [5.74, 6) is -1.68. The van der Waals surface area contributed by atoms with Crippen molar-refractivity contribution < 1.29 is 19.8 Å². The van der Waals surface area contributed by atoms with E-state index in [1.807, 2.05) is 30.3 Å². The third kappa shape index (κ3) is 7.51. The van der Waals surface area contributed by atoms with Gasteiger partial charge in [-0.15, -0.1) is 0 Å². The predicted molar refractivity (Wildman–Crippen MR) is 189 cm³/mol. The highest BCUT2D eigenvalue weighted by atomic mass is 35.5. The van der Waals surface area contributed by atoms with E-state index >= 15 is 0 Å². The number of carboxylic acid groups (broad SMARTS) is 1. The van der Waals surface area contributed by atoms with E-state index in [2.05, 4.69) is 26.6 Å². The molecule has 1 saturated heterocycles. The van der Waals surface area contributed by atoms with Gasteiger partial charge in [0, 0.05) is 81.3 Å². The van der Waals surface area contributed by atoms with Gasteiger partial charge >= 0.3 is 5.97 Å². The minimum atomic E-state index is -0.761. The van der Waals surface area contributed by atoms with E-state index < -0.39 is 17.4 Å². The number of benzene rings is 2. The van der Waals surface area contributed by atoms with Crippen LogP contribution in [0.5, 0.6) is 0 Å². The maximum atomic E-state index is 13.3. The zero-order chi connectivity index (χ0) is 34.7. The number of aliphatic hydroxyl groups excluding tert-OH is 1. The van der Waals surface area contributed by atoms with Crippen LogP contribution in [0.15, 0.2) is 78.0 Å². The number of nitrogens with one attached hydrogen (secondary N) is 2. The number of nitrogens with zero attached hydrogens (tertiary/aromatic N) is 4. The van der Waals surface area contributed by atoms with Crippen LogP contribution >= 0.6 is 23.2 Å². The average Bonchev–Trinajstić information content (AvgIpc) is 3.06. The topological polar surface area (TPSA) is 150 Å². The summed E-state index contributed by atoms with van der Waals surface area (Å²) in [6.45, 7) is 2.41. The van der Waals surface area contributed by atoms with Gasteiger partial charge in [-0.05, 0) is 41.0 Å². The molecular weight excluding hydrogens is 667 g/mol. The van der Waals surface area contributed by atoms with Crippen LogP contribution in [0.2, 0.25) is 10.0 Å². The van der Waals surface area contributed by atoms with Crippen molar-refractivity contribution in [2.45, 2.75) is 19.5 Å². The maximum Gasteiger partial charge on any atom is 0.309 e. The van der Waals surface area contributed by atoms with Crippen LogP contribution in [-0.4, -0.2) is 67.8 Å². The number of rotatable bonds is 12. The van der Waals surface area contributed by atoms with Crippen molar-refractivity contribution in [3.05, 3.63) is 122 Å². The maximum absolute atomic E-state index is 13.3. The summed E-state index contributed by atoms with van der Waals surface area (Å²) in [7, 11) is 1.58. The second-order valence-electron chi connectivity index (χ2n) is 12.1. The number of likely N-dealkylation sites (tertiary alicyclic amines) is 1. The number of aromatic nitrogens is 3. The molecule has 252 valence electrons. The summed E-state index contributed by atoms with van der Waals surface area (Å²) in [5, 5.41) is 25.7. The Morgan fingerprint density at radius 3 is 2.51 bits per heavy atom. The Kier molecular flexibility index (Phi) is 10.4. The molecule has 6 rings (SSSR count). The zero-order valence-corrected chi connectivity index (χ0v) is 28.1. The normalized spacial score (nSPS) is 13.4. The van der Waals surface area contributed by atoms with Crippen LogP contribution in [0.3, 0.4) is 0 Å². The lowest BCUT2D eigenvalue weighted by atomic mass is 9.98. The van der Waals surface area contributed by atoms with Gasteiger partial charge in [0.25, 0.3) is 11.5 Å². The Hall–Kier alpha value is -4.65. The molecule has 3 aromatic heterocycles. The number of aliphatic carboxylic acids is 1. The van der Waals surface area contributed by atoms with Gasteiger partial charge in [0.1, 0.15) is 5.56 Å². The van der Waals surface area contributed by atoms with Gasteiger partial charge in [-0.1, -0.05) is 53.5 Å².